The molecule has 1 aliphatic rings. The van der Waals surface area contributed by atoms with Gasteiger partial charge in [0.25, 0.3) is 15.0 Å². The Hall–Kier alpha value is -0.300. The van der Waals surface area contributed by atoms with E-state index in [2.05, 4.69) is 21.2 Å². The van der Waals surface area contributed by atoms with Crippen LogP contribution in [0, 0.1) is 0 Å². The van der Waals surface area contributed by atoms with Crippen molar-refractivity contribution in [3.05, 3.63) is 27.2 Å². The molecule has 0 radical (unpaired) electrons. The quantitative estimate of drug-likeness (QED) is 0.757. The molecule has 8 heteroatoms. The Morgan fingerprint density at radius 3 is 2.43 bits per heavy atom. The summed E-state index contributed by atoms with van der Waals surface area (Å²) in [6, 6.07) is 2.56. The standard InChI is InChI=1S/C13H14BrCl2NO3S/c1-13(4-2-3-5-13)17-12(18)8-6-11(21(16,19)20)9(14)7-10(8)15/h6-7H,2-5H2,1H3,(H,17,18). The van der Waals surface area contributed by atoms with E-state index in [1.54, 1.807) is 0 Å². The van der Waals surface area contributed by atoms with Crippen LogP contribution in [0.25, 0.3) is 0 Å². The summed E-state index contributed by atoms with van der Waals surface area (Å²) in [7, 11) is 1.40. The molecule has 1 aromatic carbocycles. The number of hydrogen-bond donors (Lipinski definition) is 1. The Labute approximate surface area is 141 Å². The fourth-order valence-corrected chi connectivity index (χ4v) is 5.09. The summed E-state index contributed by atoms with van der Waals surface area (Å²) in [4.78, 5) is 12.2. The van der Waals surface area contributed by atoms with Gasteiger partial charge in [-0.3, -0.25) is 4.79 Å². The number of carbonyl (C=O) groups is 1. The molecule has 0 bridgehead atoms. The van der Waals surface area contributed by atoms with Crippen LogP contribution < -0.4 is 5.32 Å². The van der Waals surface area contributed by atoms with E-state index in [4.69, 9.17) is 22.3 Å². The number of nitrogens with one attached hydrogen (secondary N) is 1. The van der Waals surface area contributed by atoms with Gasteiger partial charge in [0.2, 0.25) is 0 Å². The van der Waals surface area contributed by atoms with Gasteiger partial charge in [-0.25, -0.2) is 8.42 Å². The zero-order chi connectivity index (χ0) is 15.8. The molecular weight excluding hydrogens is 401 g/mol. The molecule has 0 heterocycles. The molecule has 1 saturated carbocycles. The maximum Gasteiger partial charge on any atom is 0.262 e. The molecule has 0 saturated heterocycles. The van der Waals surface area contributed by atoms with Gasteiger partial charge in [-0.2, -0.15) is 0 Å². The van der Waals surface area contributed by atoms with Crippen molar-refractivity contribution in [1.29, 1.82) is 0 Å². The van der Waals surface area contributed by atoms with Crippen molar-refractivity contribution in [3.63, 3.8) is 0 Å². The highest BCUT2D eigenvalue weighted by atomic mass is 79.9. The summed E-state index contributed by atoms with van der Waals surface area (Å²) >= 11 is 9.13. The minimum Gasteiger partial charge on any atom is -0.347 e. The Morgan fingerprint density at radius 1 is 1.33 bits per heavy atom. The molecule has 116 valence electrons. The van der Waals surface area contributed by atoms with Crippen molar-refractivity contribution in [2.24, 2.45) is 0 Å². The first-order valence-electron chi connectivity index (χ1n) is 6.39. The van der Waals surface area contributed by atoms with Crippen LogP contribution in [0.5, 0.6) is 0 Å². The molecule has 1 N–H and O–H groups in total. The molecule has 1 fully saturated rings. The fraction of sp³-hybridized carbons (Fsp3) is 0.462. The third-order valence-corrected chi connectivity index (χ3v) is 6.24. The van der Waals surface area contributed by atoms with Crippen molar-refractivity contribution < 1.29 is 13.2 Å². The largest absolute Gasteiger partial charge is 0.347 e. The average molecular weight is 415 g/mol. The summed E-state index contributed by atoms with van der Waals surface area (Å²) < 4.78 is 23.2. The number of hydrogen-bond acceptors (Lipinski definition) is 3. The summed E-state index contributed by atoms with van der Waals surface area (Å²) in [5.74, 6) is -0.390. The summed E-state index contributed by atoms with van der Waals surface area (Å²) in [5, 5.41) is 3.11. The highest BCUT2D eigenvalue weighted by Crippen LogP contribution is 2.33. The lowest BCUT2D eigenvalue weighted by Gasteiger charge is -2.25. The van der Waals surface area contributed by atoms with Gasteiger partial charge in [-0.1, -0.05) is 24.4 Å². The van der Waals surface area contributed by atoms with Gasteiger partial charge in [0.1, 0.15) is 0 Å². The number of benzene rings is 1. The van der Waals surface area contributed by atoms with Gasteiger partial charge in [0.05, 0.1) is 15.5 Å². The summed E-state index contributed by atoms with van der Waals surface area (Å²) in [6.45, 7) is 1.98. The van der Waals surface area contributed by atoms with Crippen molar-refractivity contribution in [2.45, 2.75) is 43.0 Å². The molecule has 1 aliphatic carbocycles. The van der Waals surface area contributed by atoms with Crippen LogP contribution in [0.3, 0.4) is 0 Å². The number of rotatable bonds is 3. The normalized spacial score (nSPS) is 17.7. The molecule has 4 nitrogen and oxygen atoms in total. The first-order valence-corrected chi connectivity index (χ1v) is 9.87. The monoisotopic (exact) mass is 413 g/mol. The molecule has 0 unspecified atom stereocenters. The van der Waals surface area contributed by atoms with E-state index >= 15 is 0 Å². The number of halogens is 3. The summed E-state index contributed by atoms with van der Waals surface area (Å²) in [5.41, 5.74) is -0.166. The van der Waals surface area contributed by atoms with Gasteiger partial charge in [-0.05, 0) is 47.8 Å². The molecule has 0 spiro atoms. The first kappa shape index (κ1) is 17.1. The molecule has 1 aromatic rings. The minimum absolute atomic E-state index is 0.104. The maximum atomic E-state index is 12.4. The molecular formula is C13H14BrCl2NO3S. The lowest BCUT2D eigenvalue weighted by atomic mass is 10.00. The highest BCUT2D eigenvalue weighted by Gasteiger charge is 2.31. The van der Waals surface area contributed by atoms with Gasteiger partial charge in [0.15, 0.2) is 0 Å². The molecule has 21 heavy (non-hydrogen) atoms. The second kappa shape index (κ2) is 6.07. The van der Waals surface area contributed by atoms with Crippen molar-refractivity contribution in [1.82, 2.24) is 5.32 Å². The minimum atomic E-state index is -3.96. The first-order chi connectivity index (χ1) is 9.62. The van der Waals surface area contributed by atoms with E-state index in [9.17, 15) is 13.2 Å². The summed E-state index contributed by atoms with van der Waals surface area (Å²) in [6.07, 6.45) is 3.92. The average Bonchev–Trinajstić information content (AvgIpc) is 2.73. The predicted molar refractivity (Wildman–Crippen MR) is 86.5 cm³/mol. The van der Waals surface area contributed by atoms with Crippen LogP contribution in [0.2, 0.25) is 5.02 Å². The van der Waals surface area contributed by atoms with E-state index in [0.717, 1.165) is 25.7 Å². The molecule has 1 amide bonds. The van der Waals surface area contributed by atoms with Crippen LogP contribution in [-0.4, -0.2) is 19.9 Å². The van der Waals surface area contributed by atoms with E-state index in [1.807, 2.05) is 6.92 Å². The van der Waals surface area contributed by atoms with E-state index in [-0.39, 0.29) is 25.5 Å². The van der Waals surface area contributed by atoms with Crippen LogP contribution in [0.1, 0.15) is 43.0 Å². The predicted octanol–water partition coefficient (Wildman–Crippen LogP) is 4.09. The van der Waals surface area contributed by atoms with E-state index in [0.29, 0.717) is 0 Å². The highest BCUT2D eigenvalue weighted by molar-refractivity contribution is 9.10. The van der Waals surface area contributed by atoms with Crippen molar-refractivity contribution in [2.75, 3.05) is 0 Å². The van der Waals surface area contributed by atoms with Crippen molar-refractivity contribution >= 4 is 53.2 Å². The van der Waals surface area contributed by atoms with Gasteiger partial charge in [0, 0.05) is 20.7 Å². The molecule has 0 atom stereocenters. The van der Waals surface area contributed by atoms with E-state index < -0.39 is 15.0 Å². The van der Waals surface area contributed by atoms with Gasteiger partial charge < -0.3 is 5.32 Å². The van der Waals surface area contributed by atoms with Gasteiger partial charge >= 0.3 is 0 Å². The topological polar surface area (TPSA) is 63.2 Å². The zero-order valence-corrected chi connectivity index (χ0v) is 15.2. The Balaban J connectivity index is 2.37. The second-order valence-electron chi connectivity index (χ2n) is 5.42. The molecule has 0 aliphatic heterocycles. The lowest BCUT2D eigenvalue weighted by Crippen LogP contribution is -2.43. The van der Waals surface area contributed by atoms with Crippen molar-refractivity contribution in [3.8, 4) is 0 Å². The molecule has 0 aromatic heterocycles. The van der Waals surface area contributed by atoms with Crippen LogP contribution in [-0.2, 0) is 9.05 Å². The Kier molecular flexibility index (Phi) is 4.93. The SMILES string of the molecule is CC1(NC(=O)c2cc(S(=O)(=O)Cl)c(Br)cc2Cl)CCCC1. The number of carbonyl (C=O) groups excluding carboxylic acids is 1. The van der Waals surface area contributed by atoms with Crippen LogP contribution >= 0.6 is 38.2 Å². The lowest BCUT2D eigenvalue weighted by molar-refractivity contribution is 0.0908. The molecule has 2 rings (SSSR count). The second-order valence-corrected chi connectivity index (χ2v) is 9.22. The third kappa shape index (κ3) is 3.92. The van der Waals surface area contributed by atoms with Crippen LogP contribution in [0.4, 0.5) is 0 Å². The Bertz CT molecular complexity index is 685. The third-order valence-electron chi connectivity index (χ3n) is 3.65. The smallest absolute Gasteiger partial charge is 0.262 e. The van der Waals surface area contributed by atoms with Crippen LogP contribution in [0.15, 0.2) is 21.5 Å². The van der Waals surface area contributed by atoms with E-state index in [1.165, 1.54) is 12.1 Å². The Morgan fingerprint density at radius 2 is 1.90 bits per heavy atom. The zero-order valence-electron chi connectivity index (χ0n) is 11.3. The number of amides is 1. The fourth-order valence-electron chi connectivity index (χ4n) is 2.51. The maximum absolute atomic E-state index is 12.4. The van der Waals surface area contributed by atoms with Gasteiger partial charge in [-0.15, -0.1) is 0 Å².